The zero-order valence-electron chi connectivity index (χ0n) is 19.5. The van der Waals surface area contributed by atoms with E-state index in [1.54, 1.807) is 6.07 Å². The van der Waals surface area contributed by atoms with Gasteiger partial charge in [-0.3, -0.25) is 9.59 Å². The summed E-state index contributed by atoms with van der Waals surface area (Å²) in [5, 5.41) is 3.08. The molecule has 1 aromatic carbocycles. The summed E-state index contributed by atoms with van der Waals surface area (Å²) in [6.45, 7) is 3.41. The van der Waals surface area contributed by atoms with Gasteiger partial charge >= 0.3 is 0 Å². The standard InChI is InChI=1S/C27H28N4O3S/c32-26(28-16-18-9-10-18)23-15-19-11-13-31(22-7-2-1-5-20(22)25(19)35-23)27(33)21-6-3-8-24(29-21)30-12-4-14-34-17-30/h1-3,5-8,15,18H,4,9-14,16-17H2,(H,28,32). The van der Waals surface area contributed by atoms with Crippen molar-refractivity contribution in [2.24, 2.45) is 5.92 Å². The maximum absolute atomic E-state index is 13.7. The van der Waals surface area contributed by atoms with Gasteiger partial charge in [0.25, 0.3) is 11.8 Å². The summed E-state index contributed by atoms with van der Waals surface area (Å²) in [4.78, 5) is 36.8. The normalized spacial score (nSPS) is 17.4. The number of para-hydroxylation sites is 1. The van der Waals surface area contributed by atoms with Crippen LogP contribution in [0.2, 0.25) is 0 Å². The van der Waals surface area contributed by atoms with E-state index in [0.717, 1.165) is 58.5 Å². The Morgan fingerprint density at radius 2 is 2.00 bits per heavy atom. The van der Waals surface area contributed by atoms with Gasteiger partial charge in [-0.15, -0.1) is 11.3 Å². The van der Waals surface area contributed by atoms with E-state index in [9.17, 15) is 9.59 Å². The summed E-state index contributed by atoms with van der Waals surface area (Å²) in [5.74, 6) is 1.30. The molecule has 6 rings (SSSR count). The molecular formula is C27H28N4O3S. The molecule has 1 N–H and O–H groups in total. The molecule has 7 nitrogen and oxygen atoms in total. The van der Waals surface area contributed by atoms with E-state index >= 15 is 0 Å². The number of fused-ring (bicyclic) bond motifs is 3. The molecule has 3 aromatic rings. The number of anilines is 2. The molecule has 2 fully saturated rings. The van der Waals surface area contributed by atoms with Crippen molar-refractivity contribution in [2.75, 3.05) is 42.8 Å². The fourth-order valence-electron chi connectivity index (χ4n) is 4.70. The average molecular weight is 489 g/mol. The van der Waals surface area contributed by atoms with Crippen LogP contribution < -0.4 is 15.1 Å². The second-order valence-electron chi connectivity index (χ2n) is 9.38. The Kier molecular flexibility index (Phi) is 6.00. The second-order valence-corrected chi connectivity index (χ2v) is 10.4. The topological polar surface area (TPSA) is 74.8 Å². The number of carbonyl (C=O) groups is 2. The van der Waals surface area contributed by atoms with E-state index in [2.05, 4.69) is 10.2 Å². The van der Waals surface area contributed by atoms with Gasteiger partial charge in [0.05, 0.1) is 17.2 Å². The first kappa shape index (κ1) is 22.2. The predicted molar refractivity (Wildman–Crippen MR) is 137 cm³/mol. The highest BCUT2D eigenvalue weighted by Gasteiger charge is 2.29. The van der Waals surface area contributed by atoms with E-state index in [0.29, 0.717) is 31.3 Å². The van der Waals surface area contributed by atoms with Crippen LogP contribution in [0.4, 0.5) is 11.5 Å². The van der Waals surface area contributed by atoms with Crippen LogP contribution in [-0.2, 0) is 11.2 Å². The third-order valence-corrected chi connectivity index (χ3v) is 8.02. The van der Waals surface area contributed by atoms with Crippen LogP contribution in [0.1, 0.15) is 45.0 Å². The van der Waals surface area contributed by atoms with Crippen LogP contribution in [0.3, 0.4) is 0 Å². The molecule has 2 aliphatic heterocycles. The van der Waals surface area contributed by atoms with Crippen LogP contribution in [-0.4, -0.2) is 49.8 Å². The van der Waals surface area contributed by atoms with Gasteiger partial charge in [0.2, 0.25) is 0 Å². The van der Waals surface area contributed by atoms with E-state index in [4.69, 9.17) is 9.72 Å². The first-order chi connectivity index (χ1) is 17.2. The lowest BCUT2D eigenvalue weighted by Crippen LogP contribution is -2.35. The molecule has 2 amide bonds. The Hall–Kier alpha value is -3.23. The van der Waals surface area contributed by atoms with Crippen molar-refractivity contribution < 1.29 is 14.3 Å². The van der Waals surface area contributed by atoms with Crippen molar-refractivity contribution in [1.29, 1.82) is 0 Å². The number of amides is 2. The zero-order valence-corrected chi connectivity index (χ0v) is 20.4. The number of thiophene rings is 1. The quantitative estimate of drug-likeness (QED) is 0.578. The summed E-state index contributed by atoms with van der Waals surface area (Å²) in [5.41, 5.74) is 3.38. The maximum Gasteiger partial charge on any atom is 0.276 e. The number of nitrogens with zero attached hydrogens (tertiary/aromatic N) is 3. The number of carbonyl (C=O) groups excluding carboxylic acids is 2. The van der Waals surface area contributed by atoms with Crippen molar-refractivity contribution in [3.63, 3.8) is 0 Å². The molecule has 2 aromatic heterocycles. The van der Waals surface area contributed by atoms with Crippen LogP contribution in [0, 0.1) is 5.92 Å². The molecule has 0 unspecified atom stereocenters. The minimum atomic E-state index is -0.116. The van der Waals surface area contributed by atoms with Gasteiger partial charge in [0.15, 0.2) is 0 Å². The predicted octanol–water partition coefficient (Wildman–Crippen LogP) is 4.34. The van der Waals surface area contributed by atoms with Gasteiger partial charge in [-0.1, -0.05) is 24.3 Å². The van der Waals surface area contributed by atoms with Gasteiger partial charge in [-0.05, 0) is 61.4 Å². The second kappa shape index (κ2) is 9.43. The van der Waals surface area contributed by atoms with E-state index < -0.39 is 0 Å². The van der Waals surface area contributed by atoms with E-state index in [1.807, 2.05) is 47.4 Å². The molecule has 3 aliphatic rings. The zero-order chi connectivity index (χ0) is 23.8. The summed E-state index contributed by atoms with van der Waals surface area (Å²) >= 11 is 1.52. The first-order valence-corrected chi connectivity index (χ1v) is 13.1. The Morgan fingerprint density at radius 3 is 2.83 bits per heavy atom. The molecule has 0 bridgehead atoms. The molecule has 0 radical (unpaired) electrons. The van der Waals surface area contributed by atoms with Crippen LogP contribution in [0.15, 0.2) is 48.5 Å². The third-order valence-electron chi connectivity index (χ3n) is 6.81. The van der Waals surface area contributed by atoms with Crippen molar-refractivity contribution in [3.05, 3.63) is 64.7 Å². The highest BCUT2D eigenvalue weighted by atomic mass is 32.1. The summed E-state index contributed by atoms with van der Waals surface area (Å²) in [6, 6.07) is 15.6. The van der Waals surface area contributed by atoms with Crippen molar-refractivity contribution >= 4 is 34.7 Å². The average Bonchev–Trinajstić information content (AvgIpc) is 3.67. The largest absolute Gasteiger partial charge is 0.361 e. The fourth-order valence-corrected chi connectivity index (χ4v) is 5.86. The van der Waals surface area contributed by atoms with Crippen molar-refractivity contribution in [3.8, 4) is 10.4 Å². The summed E-state index contributed by atoms with van der Waals surface area (Å²) in [6.07, 6.45) is 4.05. The van der Waals surface area contributed by atoms with E-state index in [-0.39, 0.29) is 11.8 Å². The van der Waals surface area contributed by atoms with Crippen LogP contribution >= 0.6 is 11.3 Å². The lowest BCUT2D eigenvalue weighted by Gasteiger charge is -2.28. The fraction of sp³-hybridized carbons (Fsp3) is 0.370. The molecule has 0 spiro atoms. The van der Waals surface area contributed by atoms with Crippen molar-refractivity contribution in [2.45, 2.75) is 25.7 Å². The summed E-state index contributed by atoms with van der Waals surface area (Å²) < 4.78 is 5.56. The number of aromatic nitrogens is 1. The SMILES string of the molecule is O=C(NCC1CC1)c1cc2c(s1)-c1ccccc1N(C(=O)c1cccc(N3CCCOC3)n1)CC2. The number of hydrogen-bond acceptors (Lipinski definition) is 6. The molecule has 180 valence electrons. The number of nitrogens with one attached hydrogen (secondary N) is 1. The minimum absolute atomic E-state index is 0.00287. The molecule has 0 atom stereocenters. The molecule has 1 saturated carbocycles. The number of pyridine rings is 1. The Bertz CT molecular complexity index is 1260. The minimum Gasteiger partial charge on any atom is -0.361 e. The van der Waals surface area contributed by atoms with Gasteiger partial charge in [-0.25, -0.2) is 4.98 Å². The first-order valence-electron chi connectivity index (χ1n) is 12.3. The molecule has 4 heterocycles. The lowest BCUT2D eigenvalue weighted by molar-refractivity contribution is 0.0953. The lowest BCUT2D eigenvalue weighted by atomic mass is 10.1. The molecule has 35 heavy (non-hydrogen) atoms. The highest BCUT2D eigenvalue weighted by Crippen LogP contribution is 2.42. The Labute approximate surface area is 208 Å². The Morgan fingerprint density at radius 1 is 1.11 bits per heavy atom. The van der Waals surface area contributed by atoms with Gasteiger partial charge in [0.1, 0.15) is 18.2 Å². The summed E-state index contributed by atoms with van der Waals surface area (Å²) in [7, 11) is 0. The smallest absolute Gasteiger partial charge is 0.276 e. The van der Waals surface area contributed by atoms with E-state index in [1.165, 1.54) is 24.2 Å². The number of hydrogen-bond donors (Lipinski definition) is 1. The Balaban J connectivity index is 1.28. The molecule has 1 aliphatic carbocycles. The number of ether oxygens (including phenoxy) is 1. The third kappa shape index (κ3) is 4.56. The van der Waals surface area contributed by atoms with Crippen molar-refractivity contribution in [1.82, 2.24) is 10.3 Å². The monoisotopic (exact) mass is 488 g/mol. The maximum atomic E-state index is 13.7. The molecular weight excluding hydrogens is 460 g/mol. The van der Waals surface area contributed by atoms with Gasteiger partial charge in [-0.2, -0.15) is 0 Å². The van der Waals surface area contributed by atoms with Gasteiger partial charge in [0, 0.05) is 30.1 Å². The number of benzene rings is 1. The number of rotatable bonds is 5. The van der Waals surface area contributed by atoms with Crippen LogP contribution in [0.25, 0.3) is 10.4 Å². The molecule has 8 heteroatoms. The molecule has 1 saturated heterocycles. The van der Waals surface area contributed by atoms with Crippen LogP contribution in [0.5, 0.6) is 0 Å². The van der Waals surface area contributed by atoms with Gasteiger partial charge < -0.3 is 19.9 Å². The highest BCUT2D eigenvalue weighted by molar-refractivity contribution is 7.17.